The minimum Gasteiger partial charge on any atom is -0.460 e. The van der Waals surface area contributed by atoms with E-state index in [1.54, 1.807) is 39.0 Å². The molecule has 0 heterocycles. The molecule has 2 aromatic carbocycles. The zero-order valence-electron chi connectivity index (χ0n) is 17.8. The molecule has 0 aromatic heterocycles. The van der Waals surface area contributed by atoms with Gasteiger partial charge < -0.3 is 20.1 Å². The lowest BCUT2D eigenvalue weighted by molar-refractivity contribution is -0.155. The van der Waals surface area contributed by atoms with Gasteiger partial charge in [-0.25, -0.2) is 9.18 Å². The van der Waals surface area contributed by atoms with E-state index >= 15 is 0 Å². The van der Waals surface area contributed by atoms with E-state index in [4.69, 9.17) is 9.47 Å². The normalized spacial score (nSPS) is 11.9. The van der Waals surface area contributed by atoms with Gasteiger partial charge in [0.15, 0.2) is 0 Å². The number of halogens is 1. The summed E-state index contributed by atoms with van der Waals surface area (Å²) in [7, 11) is 0. The number of carbonyl (C=O) groups is 3. The number of para-hydroxylation sites is 1. The van der Waals surface area contributed by atoms with E-state index in [-0.39, 0.29) is 25.1 Å². The minimum atomic E-state index is -1.13. The Kier molecular flexibility index (Phi) is 8.54. The van der Waals surface area contributed by atoms with Gasteiger partial charge in [0.25, 0.3) is 0 Å². The summed E-state index contributed by atoms with van der Waals surface area (Å²) in [6.45, 7) is 5.20. The lowest BCUT2D eigenvalue weighted by atomic mass is 10.1. The van der Waals surface area contributed by atoms with E-state index in [1.807, 2.05) is 18.2 Å². The molecule has 7 nitrogen and oxygen atoms in total. The van der Waals surface area contributed by atoms with Crippen LogP contribution in [-0.2, 0) is 25.7 Å². The van der Waals surface area contributed by atoms with Gasteiger partial charge in [-0.2, -0.15) is 0 Å². The van der Waals surface area contributed by atoms with Crippen molar-refractivity contribution in [2.75, 3.05) is 5.32 Å². The van der Waals surface area contributed by atoms with Crippen LogP contribution in [0.2, 0.25) is 0 Å². The number of anilines is 1. The van der Waals surface area contributed by atoms with Crippen LogP contribution < -0.4 is 10.6 Å². The second kappa shape index (κ2) is 11.1. The second-order valence-electron chi connectivity index (χ2n) is 7.85. The maximum atomic E-state index is 13.9. The summed E-state index contributed by atoms with van der Waals surface area (Å²) in [6, 6.07) is 13.6. The number of hydrogen-bond donors (Lipinski definition) is 2. The number of nitrogens with one attached hydrogen (secondary N) is 2. The Morgan fingerprint density at radius 3 is 2.29 bits per heavy atom. The van der Waals surface area contributed by atoms with Crippen LogP contribution in [0.5, 0.6) is 0 Å². The highest BCUT2D eigenvalue weighted by Gasteiger charge is 2.25. The SMILES string of the molecule is CC(C)(C)OC(=O)CC[C@H](NC(=O)OCc1ccccc1)C(=O)Nc1ccccc1F. The quantitative estimate of drug-likeness (QED) is 0.613. The van der Waals surface area contributed by atoms with Crippen LogP contribution in [0, 0.1) is 5.82 Å². The number of alkyl carbamates (subject to hydrolysis) is 1. The highest BCUT2D eigenvalue weighted by Crippen LogP contribution is 2.15. The van der Waals surface area contributed by atoms with Crippen LogP contribution in [0.3, 0.4) is 0 Å². The maximum absolute atomic E-state index is 13.9. The summed E-state index contributed by atoms with van der Waals surface area (Å²) in [4.78, 5) is 36.9. The standard InChI is InChI=1S/C23H27FN2O5/c1-23(2,3)31-20(27)14-13-19(21(28)25-18-12-8-7-11-17(18)24)26-22(29)30-15-16-9-5-4-6-10-16/h4-12,19H,13-15H2,1-3H3,(H,25,28)(H,26,29)/t19-/m0/s1. The van der Waals surface area contributed by atoms with Crippen molar-refractivity contribution < 1.29 is 28.2 Å². The fourth-order valence-corrected chi connectivity index (χ4v) is 2.61. The molecule has 2 amide bonds. The number of amides is 2. The molecule has 0 aliphatic heterocycles. The zero-order chi connectivity index (χ0) is 22.9. The van der Waals surface area contributed by atoms with Crippen molar-refractivity contribution in [3.8, 4) is 0 Å². The van der Waals surface area contributed by atoms with Crippen LogP contribution in [0.4, 0.5) is 14.9 Å². The van der Waals surface area contributed by atoms with Crippen molar-refractivity contribution in [3.05, 3.63) is 66.0 Å². The topological polar surface area (TPSA) is 93.7 Å². The molecule has 0 radical (unpaired) electrons. The van der Waals surface area contributed by atoms with Crippen LogP contribution >= 0.6 is 0 Å². The zero-order valence-corrected chi connectivity index (χ0v) is 17.8. The van der Waals surface area contributed by atoms with E-state index in [1.165, 1.54) is 18.2 Å². The van der Waals surface area contributed by atoms with Crippen molar-refractivity contribution >= 4 is 23.7 Å². The number of benzene rings is 2. The predicted molar refractivity (Wildman–Crippen MR) is 114 cm³/mol. The molecule has 0 spiro atoms. The molecular formula is C23H27FN2O5. The molecule has 8 heteroatoms. The molecule has 2 aromatic rings. The fraction of sp³-hybridized carbons (Fsp3) is 0.348. The molecule has 0 saturated carbocycles. The Balaban J connectivity index is 2.01. The van der Waals surface area contributed by atoms with E-state index in [9.17, 15) is 18.8 Å². The summed E-state index contributed by atoms with van der Waals surface area (Å²) < 4.78 is 24.3. The van der Waals surface area contributed by atoms with Crippen LogP contribution in [0.15, 0.2) is 54.6 Å². The third kappa shape index (κ3) is 8.86. The molecule has 0 bridgehead atoms. The number of ether oxygens (including phenoxy) is 2. The lowest BCUT2D eigenvalue weighted by Crippen LogP contribution is -2.44. The Labute approximate surface area is 180 Å². The summed E-state index contributed by atoms with van der Waals surface area (Å²) in [5.74, 6) is -1.81. The molecule has 166 valence electrons. The molecule has 2 rings (SSSR count). The van der Waals surface area contributed by atoms with Gasteiger partial charge in [0, 0.05) is 6.42 Å². The molecule has 2 N–H and O–H groups in total. The van der Waals surface area contributed by atoms with Gasteiger partial charge >= 0.3 is 12.1 Å². The molecule has 31 heavy (non-hydrogen) atoms. The number of carbonyl (C=O) groups excluding carboxylic acids is 3. The predicted octanol–water partition coefficient (Wildman–Crippen LogP) is 4.18. The van der Waals surface area contributed by atoms with Crippen LogP contribution in [-0.4, -0.2) is 29.6 Å². The van der Waals surface area contributed by atoms with E-state index in [0.717, 1.165) is 5.56 Å². The maximum Gasteiger partial charge on any atom is 0.408 e. The Bertz CT molecular complexity index is 896. The summed E-state index contributed by atoms with van der Waals surface area (Å²) >= 11 is 0. The largest absolute Gasteiger partial charge is 0.460 e. The molecule has 0 saturated heterocycles. The van der Waals surface area contributed by atoms with Gasteiger partial charge in [0.2, 0.25) is 5.91 Å². The molecule has 0 aliphatic carbocycles. The lowest BCUT2D eigenvalue weighted by Gasteiger charge is -2.21. The van der Waals surface area contributed by atoms with Crippen LogP contribution in [0.25, 0.3) is 0 Å². The molecular weight excluding hydrogens is 403 g/mol. The molecule has 1 atom stereocenters. The first-order chi connectivity index (χ1) is 14.6. The van der Waals surface area contributed by atoms with E-state index in [2.05, 4.69) is 10.6 Å². The van der Waals surface area contributed by atoms with Gasteiger partial charge in [-0.1, -0.05) is 42.5 Å². The average molecular weight is 430 g/mol. The van der Waals surface area contributed by atoms with E-state index < -0.39 is 35.4 Å². The molecule has 0 unspecified atom stereocenters. The van der Waals surface area contributed by atoms with Gasteiger partial charge in [-0.15, -0.1) is 0 Å². The highest BCUT2D eigenvalue weighted by molar-refractivity contribution is 5.96. The van der Waals surface area contributed by atoms with Crippen molar-refractivity contribution in [1.29, 1.82) is 0 Å². The summed E-state index contributed by atoms with van der Waals surface area (Å²) in [6.07, 6.45) is -0.997. The first-order valence-corrected chi connectivity index (χ1v) is 9.88. The number of hydrogen-bond acceptors (Lipinski definition) is 5. The number of rotatable bonds is 8. The van der Waals surface area contributed by atoms with Gasteiger partial charge in [0.1, 0.15) is 24.1 Å². The average Bonchev–Trinajstić information content (AvgIpc) is 2.70. The summed E-state index contributed by atoms with van der Waals surface area (Å²) in [5, 5.41) is 4.87. The van der Waals surface area contributed by atoms with Gasteiger partial charge in [-0.3, -0.25) is 9.59 Å². The monoisotopic (exact) mass is 430 g/mol. The van der Waals surface area contributed by atoms with Crippen molar-refractivity contribution in [1.82, 2.24) is 5.32 Å². The number of esters is 1. The highest BCUT2D eigenvalue weighted by atomic mass is 19.1. The van der Waals surface area contributed by atoms with Crippen molar-refractivity contribution in [3.63, 3.8) is 0 Å². The Morgan fingerprint density at radius 1 is 1.00 bits per heavy atom. The minimum absolute atomic E-state index is 0.0143. The summed E-state index contributed by atoms with van der Waals surface area (Å²) in [5.41, 5.74) is 0.0670. The van der Waals surface area contributed by atoms with Crippen LogP contribution in [0.1, 0.15) is 39.2 Å². The fourth-order valence-electron chi connectivity index (χ4n) is 2.61. The Morgan fingerprint density at radius 2 is 1.65 bits per heavy atom. The first kappa shape index (κ1) is 23.9. The van der Waals surface area contributed by atoms with Crippen molar-refractivity contribution in [2.45, 2.75) is 51.9 Å². The van der Waals surface area contributed by atoms with Gasteiger partial charge in [-0.05, 0) is 44.9 Å². The first-order valence-electron chi connectivity index (χ1n) is 9.88. The molecule has 0 aliphatic rings. The molecule has 0 fully saturated rings. The third-order valence-corrected chi connectivity index (χ3v) is 4.01. The smallest absolute Gasteiger partial charge is 0.408 e. The van der Waals surface area contributed by atoms with Gasteiger partial charge in [0.05, 0.1) is 5.69 Å². The Hall–Kier alpha value is -3.42. The third-order valence-electron chi connectivity index (χ3n) is 4.01. The second-order valence-corrected chi connectivity index (χ2v) is 7.85. The van der Waals surface area contributed by atoms with Crippen molar-refractivity contribution in [2.24, 2.45) is 0 Å². The van der Waals surface area contributed by atoms with E-state index in [0.29, 0.717) is 0 Å².